The van der Waals surface area contributed by atoms with Gasteiger partial charge in [0.25, 0.3) is 0 Å². The molecule has 0 aliphatic carbocycles. The van der Waals surface area contributed by atoms with Crippen molar-refractivity contribution in [3.63, 3.8) is 0 Å². The van der Waals surface area contributed by atoms with E-state index < -0.39 is 24.1 Å². The molecule has 0 aliphatic rings. The molecule has 0 spiro atoms. The summed E-state index contributed by atoms with van der Waals surface area (Å²) < 4.78 is 17.0. The average Bonchev–Trinajstić information content (AvgIpc) is 3.14. The number of esters is 2. The van der Waals surface area contributed by atoms with Crippen molar-refractivity contribution in [1.82, 2.24) is 0 Å². The van der Waals surface area contributed by atoms with Crippen LogP contribution >= 0.6 is 0 Å². The summed E-state index contributed by atoms with van der Waals surface area (Å²) in [7, 11) is 5.36. The molecule has 2 atom stereocenters. The van der Waals surface area contributed by atoms with Gasteiger partial charge in [-0.05, 0) is 51.4 Å². The molecular weight excluding hydrogens is 691 g/mol. The van der Waals surface area contributed by atoms with Gasteiger partial charge in [-0.15, -0.1) is 0 Å². The predicted molar refractivity (Wildman–Crippen MR) is 226 cm³/mol. The van der Waals surface area contributed by atoms with Gasteiger partial charge in [0.2, 0.25) is 0 Å². The second kappa shape index (κ2) is 37.4. The zero-order chi connectivity index (χ0) is 40.7. The largest absolute Gasteiger partial charge is 0.544 e. The van der Waals surface area contributed by atoms with Crippen LogP contribution in [0.3, 0.4) is 0 Å². The highest BCUT2D eigenvalue weighted by Crippen LogP contribution is 2.12. The zero-order valence-electron chi connectivity index (χ0n) is 35.3. The smallest absolute Gasteiger partial charge is 0.306 e. The first kappa shape index (κ1) is 51.5. The van der Waals surface area contributed by atoms with Gasteiger partial charge >= 0.3 is 11.9 Å². The molecular formula is C47H77NO7. The summed E-state index contributed by atoms with van der Waals surface area (Å²) in [5, 5.41) is 11.6. The average molecular weight is 768 g/mol. The van der Waals surface area contributed by atoms with Gasteiger partial charge in [0.1, 0.15) is 12.6 Å². The number of ether oxygens (including phenoxy) is 3. The lowest BCUT2D eigenvalue weighted by Gasteiger charge is -2.34. The SMILES string of the molecule is CC/C=C/C=C/C=C/C=C/C=C/CCCC(=O)OC(COCCC(C(=O)[O-])[N+](C)(C)C)COC(=O)CCCCCCC/C=C/C=C/CCCCCCCCC. The lowest BCUT2D eigenvalue weighted by molar-refractivity contribution is -0.889. The van der Waals surface area contributed by atoms with E-state index in [1.165, 1.54) is 44.9 Å². The normalized spacial score (nSPS) is 13.8. The van der Waals surface area contributed by atoms with Gasteiger partial charge in [-0.2, -0.15) is 0 Å². The fourth-order valence-corrected chi connectivity index (χ4v) is 5.62. The van der Waals surface area contributed by atoms with Crippen molar-refractivity contribution in [2.45, 2.75) is 154 Å². The molecule has 312 valence electrons. The minimum atomic E-state index is -1.14. The van der Waals surface area contributed by atoms with Crippen LogP contribution in [-0.4, -0.2) is 75.5 Å². The van der Waals surface area contributed by atoms with E-state index in [1.54, 1.807) is 21.1 Å². The summed E-state index contributed by atoms with van der Waals surface area (Å²) in [4.78, 5) is 36.7. The van der Waals surface area contributed by atoms with Crippen LogP contribution in [-0.2, 0) is 28.6 Å². The molecule has 0 saturated heterocycles. The van der Waals surface area contributed by atoms with Crippen molar-refractivity contribution in [1.29, 1.82) is 0 Å². The number of carbonyl (C=O) groups is 3. The van der Waals surface area contributed by atoms with E-state index in [4.69, 9.17) is 14.2 Å². The van der Waals surface area contributed by atoms with E-state index in [0.717, 1.165) is 51.4 Å². The van der Waals surface area contributed by atoms with Crippen LogP contribution in [0.5, 0.6) is 0 Å². The Kier molecular flexibility index (Phi) is 35.1. The number of nitrogens with zero attached hydrogens (tertiary/aromatic N) is 1. The molecule has 0 aromatic rings. The Labute approximate surface area is 335 Å². The Morgan fingerprint density at radius 3 is 1.58 bits per heavy atom. The zero-order valence-corrected chi connectivity index (χ0v) is 35.3. The van der Waals surface area contributed by atoms with Gasteiger partial charge in [-0.3, -0.25) is 9.59 Å². The quantitative estimate of drug-likeness (QED) is 0.0271. The number of carbonyl (C=O) groups excluding carboxylic acids is 3. The standard InChI is InChI=1S/C47H77NO7/c1-6-8-10-12-14-16-18-20-21-22-23-24-26-27-29-31-33-35-37-45(49)54-42-43(41-53-40-39-44(47(51)52)48(3,4)5)55-46(50)38-36-34-32-30-28-25-19-17-15-13-11-9-7-2/h9,11,13,15,17,19,21-25,28,30,32,43-44H,6-8,10,12,14,16,18,20,26-27,29,31,33-42H2,1-5H3/b11-9+,15-13+,19-17+,22-21+,24-23+,28-25+,32-30+. The molecule has 8 heteroatoms. The van der Waals surface area contributed by atoms with Crippen LogP contribution in [0.2, 0.25) is 0 Å². The molecule has 0 radical (unpaired) electrons. The molecule has 0 saturated carbocycles. The highest BCUT2D eigenvalue weighted by Gasteiger charge is 2.25. The van der Waals surface area contributed by atoms with E-state index in [2.05, 4.69) is 44.2 Å². The number of hydrogen-bond donors (Lipinski definition) is 0. The Balaban J connectivity index is 4.49. The van der Waals surface area contributed by atoms with Crippen molar-refractivity contribution in [2.75, 3.05) is 41.0 Å². The number of carboxylic acid groups (broad SMARTS) is 1. The van der Waals surface area contributed by atoms with Crippen LogP contribution in [0.4, 0.5) is 0 Å². The van der Waals surface area contributed by atoms with Gasteiger partial charge < -0.3 is 28.6 Å². The molecule has 8 nitrogen and oxygen atoms in total. The predicted octanol–water partition coefficient (Wildman–Crippen LogP) is 10.0. The van der Waals surface area contributed by atoms with Gasteiger partial charge in [0.05, 0.1) is 40.3 Å². The summed E-state index contributed by atoms with van der Waals surface area (Å²) in [5.41, 5.74) is 0. The summed E-state index contributed by atoms with van der Waals surface area (Å²) in [5.74, 6) is -1.86. The van der Waals surface area contributed by atoms with Crippen LogP contribution in [0.25, 0.3) is 0 Å². The first-order valence-corrected chi connectivity index (χ1v) is 21.2. The van der Waals surface area contributed by atoms with Crippen molar-refractivity contribution >= 4 is 17.9 Å². The van der Waals surface area contributed by atoms with Crippen LogP contribution < -0.4 is 5.11 Å². The maximum Gasteiger partial charge on any atom is 0.306 e. The van der Waals surface area contributed by atoms with Crippen LogP contribution in [0.1, 0.15) is 142 Å². The van der Waals surface area contributed by atoms with E-state index in [9.17, 15) is 19.5 Å². The summed E-state index contributed by atoms with van der Waals surface area (Å²) in [6.45, 7) is 4.39. The highest BCUT2D eigenvalue weighted by atomic mass is 16.6. The number of aliphatic carboxylic acids is 1. The summed E-state index contributed by atoms with van der Waals surface area (Å²) in [6, 6.07) is -0.745. The second-order valence-corrected chi connectivity index (χ2v) is 15.0. The van der Waals surface area contributed by atoms with E-state index >= 15 is 0 Å². The Morgan fingerprint density at radius 1 is 0.564 bits per heavy atom. The van der Waals surface area contributed by atoms with Crippen LogP contribution in [0.15, 0.2) is 85.1 Å². The number of hydrogen-bond acceptors (Lipinski definition) is 7. The summed E-state index contributed by atoms with van der Waals surface area (Å²) >= 11 is 0. The molecule has 55 heavy (non-hydrogen) atoms. The van der Waals surface area contributed by atoms with Crippen molar-refractivity contribution < 1.29 is 38.2 Å². The first-order valence-electron chi connectivity index (χ1n) is 21.2. The molecule has 0 N–H and O–H groups in total. The topological polar surface area (TPSA) is 102 Å². The van der Waals surface area contributed by atoms with Crippen LogP contribution in [0, 0.1) is 0 Å². The third-order valence-corrected chi connectivity index (χ3v) is 8.92. The molecule has 0 heterocycles. The molecule has 0 aliphatic heterocycles. The third kappa shape index (κ3) is 35.9. The minimum Gasteiger partial charge on any atom is -0.544 e. The van der Waals surface area contributed by atoms with Crippen molar-refractivity contribution in [3.05, 3.63) is 85.1 Å². The minimum absolute atomic E-state index is 0.00164. The maximum atomic E-state index is 12.6. The Hall–Kier alpha value is -3.49. The lowest BCUT2D eigenvalue weighted by atomic mass is 10.1. The number of quaternary nitrogens is 1. The molecule has 0 rings (SSSR count). The Morgan fingerprint density at radius 2 is 1.04 bits per heavy atom. The van der Waals surface area contributed by atoms with Gasteiger partial charge in [0.15, 0.2) is 6.10 Å². The third-order valence-electron chi connectivity index (χ3n) is 8.92. The monoisotopic (exact) mass is 768 g/mol. The number of allylic oxidation sites excluding steroid dienone is 14. The summed E-state index contributed by atoms with van der Waals surface area (Å²) in [6.07, 6.45) is 47.7. The number of unbranched alkanes of at least 4 members (excludes halogenated alkanes) is 13. The van der Waals surface area contributed by atoms with Gasteiger partial charge in [-0.1, -0.05) is 157 Å². The van der Waals surface area contributed by atoms with E-state index in [-0.39, 0.29) is 43.1 Å². The molecule has 0 fully saturated rings. The van der Waals surface area contributed by atoms with E-state index in [1.807, 2.05) is 54.7 Å². The second-order valence-electron chi connectivity index (χ2n) is 15.0. The van der Waals surface area contributed by atoms with Gasteiger partial charge in [0, 0.05) is 19.3 Å². The lowest BCUT2D eigenvalue weighted by Crippen LogP contribution is -2.55. The van der Waals surface area contributed by atoms with Crippen molar-refractivity contribution in [3.8, 4) is 0 Å². The van der Waals surface area contributed by atoms with Gasteiger partial charge in [-0.25, -0.2) is 0 Å². The molecule has 0 amide bonds. The molecule has 2 unspecified atom stereocenters. The fraction of sp³-hybridized carbons (Fsp3) is 0.638. The fourth-order valence-electron chi connectivity index (χ4n) is 5.62. The number of likely N-dealkylation sites (N-methyl/N-ethyl adjacent to an activating group) is 1. The highest BCUT2D eigenvalue weighted by molar-refractivity contribution is 5.70. The first-order chi connectivity index (χ1) is 26.6. The molecule has 0 bridgehead atoms. The number of rotatable bonds is 36. The maximum absolute atomic E-state index is 12.6. The van der Waals surface area contributed by atoms with E-state index in [0.29, 0.717) is 19.3 Å². The molecule has 0 aromatic carbocycles. The Bertz CT molecular complexity index is 1170. The van der Waals surface area contributed by atoms with Crippen molar-refractivity contribution in [2.24, 2.45) is 0 Å². The number of carboxylic acids is 1. The molecule has 0 aromatic heterocycles.